The number of benzene rings is 8. The molecule has 0 bridgehead atoms. The molecule has 1 heteroatoms. The van der Waals surface area contributed by atoms with Crippen molar-refractivity contribution < 1.29 is 0 Å². The van der Waals surface area contributed by atoms with Crippen LogP contribution in [0.25, 0.3) is 54.9 Å². The number of fused-ring (bicyclic) bond motifs is 7. The van der Waals surface area contributed by atoms with Crippen LogP contribution in [0, 0.1) is 0 Å². The molecule has 10 rings (SSSR count). The molecule has 1 aliphatic carbocycles. The first-order chi connectivity index (χ1) is 22.8. The maximum atomic E-state index is 2.48. The molecule has 1 aliphatic heterocycles. The summed E-state index contributed by atoms with van der Waals surface area (Å²) in [6.45, 7) is 0. The van der Waals surface area contributed by atoms with Gasteiger partial charge in [0.25, 0.3) is 0 Å². The van der Waals surface area contributed by atoms with Gasteiger partial charge < -0.3 is 0 Å². The minimum Gasteiger partial charge on any atom is -0.0888 e. The molecular formula is C45H28S. The quantitative estimate of drug-likeness (QED) is 0.194. The minimum absolute atomic E-state index is 0.440. The van der Waals surface area contributed by atoms with Gasteiger partial charge in [0.15, 0.2) is 0 Å². The van der Waals surface area contributed by atoms with Gasteiger partial charge in [-0.2, -0.15) is 0 Å². The van der Waals surface area contributed by atoms with Gasteiger partial charge in [-0.25, -0.2) is 0 Å². The third kappa shape index (κ3) is 3.52. The zero-order valence-electron chi connectivity index (χ0n) is 25.1. The standard InChI is InChI=1S/C45H28S/c1-3-14-33(15-4-1)45(34-16-5-2-6-17-34)39-26-23-29-11-7-8-18-35(29)44(39)38-25-22-31(27-40(38)45)32-21-24-36-37-19-9-12-30-13-10-20-41(43(30)37)46-42(36)28-32/h1-28H. The summed E-state index contributed by atoms with van der Waals surface area (Å²) >= 11 is 1.89. The van der Waals surface area contributed by atoms with Crippen molar-refractivity contribution >= 4 is 33.3 Å². The molecule has 0 radical (unpaired) electrons. The first-order valence-electron chi connectivity index (χ1n) is 15.9. The Labute approximate surface area is 273 Å². The second kappa shape index (κ2) is 9.81. The van der Waals surface area contributed by atoms with Crippen molar-refractivity contribution in [3.05, 3.63) is 192 Å². The maximum absolute atomic E-state index is 2.48. The Morgan fingerprint density at radius 2 is 1.04 bits per heavy atom. The topological polar surface area (TPSA) is 0 Å². The Morgan fingerprint density at radius 1 is 0.391 bits per heavy atom. The number of hydrogen-bond donors (Lipinski definition) is 0. The lowest BCUT2D eigenvalue weighted by Crippen LogP contribution is -2.28. The van der Waals surface area contributed by atoms with E-state index in [0.29, 0.717) is 0 Å². The SMILES string of the molecule is c1ccc(C2(c3ccccc3)c3cc(-c4ccc5c(c4)Sc4cccc6cccc-5c46)ccc3-c3c2ccc2ccccc32)cc1. The molecule has 0 fully saturated rings. The average Bonchev–Trinajstić information content (AvgIpc) is 3.43. The molecule has 46 heavy (non-hydrogen) atoms. The Hall–Kier alpha value is -5.37. The van der Waals surface area contributed by atoms with Crippen LogP contribution < -0.4 is 0 Å². The third-order valence-corrected chi connectivity index (χ3v) is 11.2. The van der Waals surface area contributed by atoms with E-state index in [2.05, 4.69) is 170 Å². The minimum atomic E-state index is -0.440. The van der Waals surface area contributed by atoms with Gasteiger partial charge in [0.1, 0.15) is 0 Å². The Balaban J connectivity index is 1.24. The molecule has 8 aromatic carbocycles. The lowest BCUT2D eigenvalue weighted by molar-refractivity contribution is 0.769. The fourth-order valence-corrected chi connectivity index (χ4v) is 9.37. The van der Waals surface area contributed by atoms with Gasteiger partial charge in [-0.05, 0) is 90.0 Å². The summed E-state index contributed by atoms with van der Waals surface area (Å²) in [5.41, 5.74) is 12.6. The van der Waals surface area contributed by atoms with Crippen molar-refractivity contribution in [1.29, 1.82) is 0 Å². The highest BCUT2D eigenvalue weighted by Crippen LogP contribution is 2.58. The first kappa shape index (κ1) is 25.9. The zero-order chi connectivity index (χ0) is 30.2. The van der Waals surface area contributed by atoms with Crippen LogP contribution in [0.15, 0.2) is 180 Å². The van der Waals surface area contributed by atoms with Crippen molar-refractivity contribution in [1.82, 2.24) is 0 Å². The summed E-state index contributed by atoms with van der Waals surface area (Å²) in [6, 6.07) is 63.3. The van der Waals surface area contributed by atoms with E-state index in [4.69, 9.17) is 0 Å². The summed E-state index contributed by atoms with van der Waals surface area (Å²) in [5, 5.41) is 5.25. The van der Waals surface area contributed by atoms with Crippen LogP contribution in [-0.4, -0.2) is 0 Å². The molecule has 0 unspecified atom stereocenters. The summed E-state index contributed by atoms with van der Waals surface area (Å²) in [5.74, 6) is 0. The molecule has 0 amide bonds. The molecule has 1 heterocycles. The van der Waals surface area contributed by atoms with Crippen LogP contribution in [-0.2, 0) is 5.41 Å². The molecular weight excluding hydrogens is 573 g/mol. The molecule has 0 aromatic heterocycles. The number of hydrogen-bond acceptors (Lipinski definition) is 1. The molecule has 0 saturated carbocycles. The fraction of sp³-hybridized carbons (Fsp3) is 0.0222. The molecule has 0 saturated heterocycles. The summed E-state index contributed by atoms with van der Waals surface area (Å²) in [6.07, 6.45) is 0. The van der Waals surface area contributed by atoms with Gasteiger partial charge in [-0.3, -0.25) is 0 Å². The number of rotatable bonds is 3. The predicted octanol–water partition coefficient (Wildman–Crippen LogP) is 12.2. The summed E-state index contributed by atoms with van der Waals surface area (Å²) < 4.78 is 0. The van der Waals surface area contributed by atoms with Gasteiger partial charge >= 0.3 is 0 Å². The van der Waals surface area contributed by atoms with E-state index < -0.39 is 5.41 Å². The molecule has 2 aliphatic rings. The molecule has 0 N–H and O–H groups in total. The van der Waals surface area contributed by atoms with Crippen molar-refractivity contribution in [2.45, 2.75) is 15.2 Å². The van der Waals surface area contributed by atoms with E-state index in [9.17, 15) is 0 Å². The highest BCUT2D eigenvalue weighted by molar-refractivity contribution is 7.99. The lowest BCUT2D eigenvalue weighted by atomic mass is 9.67. The van der Waals surface area contributed by atoms with Crippen LogP contribution in [0.2, 0.25) is 0 Å². The highest BCUT2D eigenvalue weighted by Gasteiger charge is 2.46. The van der Waals surface area contributed by atoms with Gasteiger partial charge in [0.05, 0.1) is 5.41 Å². The van der Waals surface area contributed by atoms with Crippen LogP contribution in [0.5, 0.6) is 0 Å². The Bertz CT molecular complexity index is 2450. The molecule has 0 nitrogen and oxygen atoms in total. The Morgan fingerprint density at radius 3 is 1.83 bits per heavy atom. The van der Waals surface area contributed by atoms with Crippen molar-refractivity contribution in [3.8, 4) is 33.4 Å². The second-order valence-corrected chi connectivity index (χ2v) is 13.5. The largest absolute Gasteiger partial charge is 0.0888 e. The van der Waals surface area contributed by atoms with Crippen LogP contribution in [0.3, 0.4) is 0 Å². The van der Waals surface area contributed by atoms with E-state index >= 15 is 0 Å². The fourth-order valence-electron chi connectivity index (χ4n) is 8.18. The summed E-state index contributed by atoms with van der Waals surface area (Å²) in [4.78, 5) is 2.65. The second-order valence-electron chi connectivity index (χ2n) is 12.4. The van der Waals surface area contributed by atoms with E-state index in [1.54, 1.807) is 0 Å². The van der Waals surface area contributed by atoms with Crippen LogP contribution in [0.4, 0.5) is 0 Å². The highest BCUT2D eigenvalue weighted by atomic mass is 32.2. The van der Waals surface area contributed by atoms with E-state index in [1.165, 1.54) is 87.0 Å². The molecule has 0 atom stereocenters. The first-order valence-corrected chi connectivity index (χ1v) is 16.7. The lowest BCUT2D eigenvalue weighted by Gasteiger charge is -2.34. The van der Waals surface area contributed by atoms with E-state index in [0.717, 1.165) is 0 Å². The van der Waals surface area contributed by atoms with Gasteiger partial charge in [0, 0.05) is 15.2 Å². The van der Waals surface area contributed by atoms with E-state index in [1.807, 2.05) is 11.8 Å². The molecule has 214 valence electrons. The predicted molar refractivity (Wildman–Crippen MR) is 194 cm³/mol. The molecule has 8 aromatic rings. The van der Waals surface area contributed by atoms with E-state index in [-0.39, 0.29) is 0 Å². The maximum Gasteiger partial charge on any atom is 0.0714 e. The normalized spacial score (nSPS) is 13.7. The smallest absolute Gasteiger partial charge is 0.0714 e. The average molecular weight is 601 g/mol. The monoisotopic (exact) mass is 600 g/mol. The summed E-state index contributed by atoms with van der Waals surface area (Å²) in [7, 11) is 0. The van der Waals surface area contributed by atoms with Crippen LogP contribution >= 0.6 is 11.8 Å². The third-order valence-electron chi connectivity index (χ3n) is 10.1. The van der Waals surface area contributed by atoms with Gasteiger partial charge in [-0.15, -0.1) is 0 Å². The zero-order valence-corrected chi connectivity index (χ0v) is 25.9. The van der Waals surface area contributed by atoms with Crippen LogP contribution in [0.1, 0.15) is 22.3 Å². The molecule has 0 spiro atoms. The van der Waals surface area contributed by atoms with Crippen molar-refractivity contribution in [2.24, 2.45) is 0 Å². The Kier molecular flexibility index (Phi) is 5.53. The van der Waals surface area contributed by atoms with Crippen molar-refractivity contribution in [3.63, 3.8) is 0 Å². The van der Waals surface area contributed by atoms with Crippen molar-refractivity contribution in [2.75, 3.05) is 0 Å². The van der Waals surface area contributed by atoms with Gasteiger partial charge in [-0.1, -0.05) is 163 Å². The van der Waals surface area contributed by atoms with Gasteiger partial charge in [0.2, 0.25) is 0 Å².